The zero-order chi connectivity index (χ0) is 27.2. The van der Waals surface area contributed by atoms with Gasteiger partial charge < -0.3 is 9.15 Å². The maximum Gasteiger partial charge on any atom is 0.267 e. The van der Waals surface area contributed by atoms with Crippen LogP contribution >= 0.6 is 11.8 Å². The van der Waals surface area contributed by atoms with Crippen LogP contribution in [-0.4, -0.2) is 22.2 Å². The number of rotatable bonds is 7. The number of hydrogen-bond acceptors (Lipinski definition) is 6. The van der Waals surface area contributed by atoms with Gasteiger partial charge in [0.05, 0.1) is 23.9 Å². The van der Waals surface area contributed by atoms with E-state index >= 15 is 0 Å². The Labute approximate surface area is 232 Å². The number of amides is 1. The smallest absolute Gasteiger partial charge is 0.267 e. The number of ether oxygens (including phenoxy) is 1. The van der Waals surface area contributed by atoms with E-state index in [0.717, 1.165) is 16.9 Å². The average molecular weight is 536 g/mol. The molecule has 0 atom stereocenters. The summed E-state index contributed by atoms with van der Waals surface area (Å²) in [5.74, 6) is 1.99. The summed E-state index contributed by atoms with van der Waals surface area (Å²) in [7, 11) is 0. The Morgan fingerprint density at radius 3 is 2.38 bits per heavy atom. The van der Waals surface area contributed by atoms with Gasteiger partial charge in [0.25, 0.3) is 5.91 Å². The maximum atomic E-state index is 13.4. The third kappa shape index (κ3) is 6.75. The van der Waals surface area contributed by atoms with Crippen molar-refractivity contribution in [3.05, 3.63) is 125 Å². The van der Waals surface area contributed by atoms with Gasteiger partial charge in [0.1, 0.15) is 17.3 Å². The molecule has 196 valence electrons. The van der Waals surface area contributed by atoms with Crippen molar-refractivity contribution in [1.29, 1.82) is 0 Å². The van der Waals surface area contributed by atoms with Crippen molar-refractivity contribution in [2.45, 2.75) is 32.7 Å². The van der Waals surface area contributed by atoms with Crippen LogP contribution in [0.15, 0.2) is 117 Å². The van der Waals surface area contributed by atoms with Gasteiger partial charge in [-0.05, 0) is 76.3 Å². The molecule has 0 radical (unpaired) electrons. The van der Waals surface area contributed by atoms with Gasteiger partial charge in [0.15, 0.2) is 5.17 Å². The van der Waals surface area contributed by atoms with Crippen LogP contribution in [0.25, 0.3) is 6.08 Å². The van der Waals surface area contributed by atoms with Crippen molar-refractivity contribution in [2.75, 3.05) is 0 Å². The summed E-state index contributed by atoms with van der Waals surface area (Å²) in [5, 5.41) is 9.20. The Morgan fingerprint density at radius 2 is 1.67 bits per heavy atom. The zero-order valence-electron chi connectivity index (χ0n) is 22.1. The molecule has 2 heterocycles. The Hall–Kier alpha value is -4.36. The zero-order valence-corrected chi connectivity index (χ0v) is 22.9. The molecular weight excluding hydrogens is 506 g/mol. The Balaban J connectivity index is 1.37. The molecule has 0 aliphatic carbocycles. The van der Waals surface area contributed by atoms with E-state index in [9.17, 15) is 4.79 Å². The minimum atomic E-state index is -0.136. The average Bonchev–Trinajstić information content (AvgIpc) is 3.54. The molecule has 0 spiro atoms. The van der Waals surface area contributed by atoms with Crippen LogP contribution in [0.2, 0.25) is 0 Å². The van der Waals surface area contributed by atoms with Crippen molar-refractivity contribution in [3.63, 3.8) is 0 Å². The fourth-order valence-corrected chi connectivity index (χ4v) is 4.87. The lowest BCUT2D eigenvalue weighted by atomic mass is 9.87. The van der Waals surface area contributed by atoms with Crippen LogP contribution in [0, 0.1) is 0 Å². The van der Waals surface area contributed by atoms with Gasteiger partial charge in [-0.25, -0.2) is 0 Å². The molecule has 6 nitrogen and oxygen atoms in total. The molecule has 0 N–H and O–H groups in total. The predicted octanol–water partition coefficient (Wildman–Crippen LogP) is 7.88. The monoisotopic (exact) mass is 535 g/mol. The Kier molecular flexibility index (Phi) is 7.79. The highest BCUT2D eigenvalue weighted by molar-refractivity contribution is 8.18. The second-order valence-corrected chi connectivity index (χ2v) is 11.1. The van der Waals surface area contributed by atoms with Crippen molar-refractivity contribution < 1.29 is 13.9 Å². The molecule has 4 aromatic rings. The highest BCUT2D eigenvalue weighted by Gasteiger charge is 2.34. The molecule has 0 bridgehead atoms. The molecule has 0 unspecified atom stereocenters. The summed E-state index contributed by atoms with van der Waals surface area (Å²) in [6, 6.07) is 29.1. The highest BCUT2D eigenvalue weighted by Crippen LogP contribution is 2.34. The number of benzene rings is 3. The first-order chi connectivity index (χ1) is 18.8. The third-order valence-electron chi connectivity index (χ3n) is 6.04. The van der Waals surface area contributed by atoms with Crippen LogP contribution < -0.4 is 4.74 Å². The summed E-state index contributed by atoms with van der Waals surface area (Å²) in [6.45, 7) is 6.81. The molecule has 5 rings (SSSR count). The van der Waals surface area contributed by atoms with E-state index in [4.69, 9.17) is 9.15 Å². The molecule has 1 aliphatic heterocycles. The van der Waals surface area contributed by atoms with Gasteiger partial charge in [-0.15, -0.1) is 5.10 Å². The van der Waals surface area contributed by atoms with Gasteiger partial charge >= 0.3 is 0 Å². The first kappa shape index (κ1) is 26.3. The van der Waals surface area contributed by atoms with E-state index in [2.05, 4.69) is 43.1 Å². The summed E-state index contributed by atoms with van der Waals surface area (Å²) in [5.41, 5.74) is 3.09. The maximum absolute atomic E-state index is 13.4. The van der Waals surface area contributed by atoms with E-state index in [1.54, 1.807) is 23.4 Å². The lowest BCUT2D eigenvalue weighted by Gasteiger charge is -2.18. The molecule has 3 aromatic carbocycles. The number of hydrogen-bond donors (Lipinski definition) is 0. The summed E-state index contributed by atoms with van der Waals surface area (Å²) in [4.78, 5) is 15.5. The Bertz CT molecular complexity index is 1520. The Morgan fingerprint density at radius 1 is 0.897 bits per heavy atom. The van der Waals surface area contributed by atoms with Crippen molar-refractivity contribution >= 4 is 35.1 Å². The third-order valence-corrected chi connectivity index (χ3v) is 7.04. The molecule has 1 amide bonds. The van der Waals surface area contributed by atoms with Crippen LogP contribution in [0.4, 0.5) is 0 Å². The molecule has 1 aliphatic rings. The summed E-state index contributed by atoms with van der Waals surface area (Å²) < 4.78 is 11.4. The number of carbonyl (C=O) groups is 1. The molecule has 39 heavy (non-hydrogen) atoms. The lowest BCUT2D eigenvalue weighted by Crippen LogP contribution is -2.28. The molecule has 1 aromatic heterocycles. The summed E-state index contributed by atoms with van der Waals surface area (Å²) >= 11 is 1.30. The minimum absolute atomic E-state index is 0.0639. The van der Waals surface area contributed by atoms with E-state index in [-0.39, 0.29) is 17.9 Å². The molecule has 7 heteroatoms. The van der Waals surface area contributed by atoms with Crippen molar-refractivity contribution in [2.24, 2.45) is 10.2 Å². The SMILES string of the molecule is CC(C)(C)c1ccc(/C=C2\S/C(=N\N=C\c3cccc(Oc4ccccc4)c3)N(Cc3ccco3)C2=O)cc1. The van der Waals surface area contributed by atoms with E-state index in [1.165, 1.54) is 17.3 Å². The van der Waals surface area contributed by atoms with Crippen LogP contribution in [0.3, 0.4) is 0 Å². The number of para-hydroxylation sites is 1. The van der Waals surface area contributed by atoms with Crippen molar-refractivity contribution in [1.82, 2.24) is 4.90 Å². The molecular formula is C32H29N3O3S. The summed E-state index contributed by atoms with van der Waals surface area (Å²) in [6.07, 6.45) is 5.13. The normalized spacial score (nSPS) is 16.1. The van der Waals surface area contributed by atoms with Crippen molar-refractivity contribution in [3.8, 4) is 11.5 Å². The predicted molar refractivity (Wildman–Crippen MR) is 158 cm³/mol. The highest BCUT2D eigenvalue weighted by atomic mass is 32.2. The molecule has 0 saturated carbocycles. The number of carbonyl (C=O) groups excluding carboxylic acids is 1. The first-order valence-corrected chi connectivity index (χ1v) is 13.5. The van der Waals surface area contributed by atoms with Crippen LogP contribution in [0.5, 0.6) is 11.5 Å². The first-order valence-electron chi connectivity index (χ1n) is 12.6. The number of nitrogens with zero attached hydrogens (tertiary/aromatic N) is 3. The van der Waals surface area contributed by atoms with Crippen LogP contribution in [0.1, 0.15) is 43.2 Å². The minimum Gasteiger partial charge on any atom is -0.467 e. The second-order valence-electron chi connectivity index (χ2n) is 10.1. The van der Waals surface area contributed by atoms with Crippen LogP contribution in [-0.2, 0) is 16.8 Å². The fraction of sp³-hybridized carbons (Fsp3) is 0.156. The van der Waals surface area contributed by atoms with E-state index in [0.29, 0.717) is 21.6 Å². The fourth-order valence-electron chi connectivity index (χ4n) is 3.94. The quantitative estimate of drug-likeness (QED) is 0.137. The lowest BCUT2D eigenvalue weighted by molar-refractivity contribution is -0.122. The van der Waals surface area contributed by atoms with Gasteiger partial charge in [0, 0.05) is 0 Å². The molecule has 1 saturated heterocycles. The standard InChI is InChI=1S/C32H29N3O3S/c1-32(2,3)25-16-14-23(15-17-25)20-29-30(36)35(22-28-13-8-18-37-28)31(39-29)34-33-21-24-9-7-12-27(19-24)38-26-10-5-4-6-11-26/h4-21H,22H2,1-3H3/b29-20-,33-21+,34-31-. The van der Waals surface area contributed by atoms with E-state index < -0.39 is 0 Å². The molecule has 1 fully saturated rings. The topological polar surface area (TPSA) is 67.4 Å². The van der Waals surface area contributed by atoms with Gasteiger partial charge in [-0.2, -0.15) is 5.10 Å². The largest absolute Gasteiger partial charge is 0.467 e. The number of furan rings is 1. The number of thioether (sulfide) groups is 1. The second kappa shape index (κ2) is 11.6. The van der Waals surface area contributed by atoms with Gasteiger partial charge in [-0.1, -0.05) is 75.4 Å². The van der Waals surface area contributed by atoms with Gasteiger partial charge in [0.2, 0.25) is 0 Å². The van der Waals surface area contributed by atoms with E-state index in [1.807, 2.05) is 78.9 Å². The van der Waals surface area contributed by atoms with Gasteiger partial charge in [-0.3, -0.25) is 9.69 Å². The number of amidine groups is 1.